The molecule has 2 aliphatic rings. The maximum atomic E-state index is 13.2. The molecule has 2 aliphatic heterocycles. The zero-order valence-electron chi connectivity index (χ0n) is 18.5. The molecule has 7 nitrogen and oxygen atoms in total. The van der Waals surface area contributed by atoms with Gasteiger partial charge in [0.2, 0.25) is 15.9 Å². The Morgan fingerprint density at radius 3 is 2.36 bits per heavy atom. The lowest BCUT2D eigenvalue weighted by atomic mass is 9.89. The van der Waals surface area contributed by atoms with E-state index in [1.807, 2.05) is 11.0 Å². The van der Waals surface area contributed by atoms with Crippen LogP contribution in [0.2, 0.25) is 0 Å². The molecular weight excluding hydrogens is 456 g/mol. The first-order chi connectivity index (χ1) is 16.0. The van der Waals surface area contributed by atoms with Crippen LogP contribution in [0.15, 0.2) is 53.4 Å². The summed E-state index contributed by atoms with van der Waals surface area (Å²) in [5, 5.41) is 0. The number of benzene rings is 2. The summed E-state index contributed by atoms with van der Waals surface area (Å²) in [5.74, 6) is 0.709. The van der Waals surface area contributed by atoms with Gasteiger partial charge in [0.05, 0.1) is 11.7 Å². The van der Waals surface area contributed by atoms with Crippen LogP contribution in [-0.2, 0) is 21.2 Å². The first-order valence-electron chi connectivity index (χ1n) is 11.6. The number of likely N-dealkylation sites (tertiary alicyclic amines) is 1. The highest BCUT2D eigenvalue weighted by Gasteiger charge is 2.35. The molecule has 0 radical (unpaired) electrons. The molecule has 3 aromatic rings. The Labute approximate surface area is 198 Å². The van der Waals surface area contributed by atoms with Gasteiger partial charge >= 0.3 is 0 Å². The van der Waals surface area contributed by atoms with Gasteiger partial charge in [0.15, 0.2) is 0 Å². The maximum Gasteiger partial charge on any atom is 0.245 e. The highest BCUT2D eigenvalue weighted by molar-refractivity contribution is 7.89. The molecule has 0 N–H and O–H groups in total. The third-order valence-corrected chi connectivity index (χ3v) is 9.44. The fourth-order valence-electron chi connectivity index (χ4n) is 5.03. The van der Waals surface area contributed by atoms with Crippen molar-refractivity contribution in [2.75, 3.05) is 26.2 Å². The van der Waals surface area contributed by atoms with Crippen LogP contribution >= 0.6 is 11.7 Å². The Morgan fingerprint density at radius 2 is 1.64 bits per heavy atom. The van der Waals surface area contributed by atoms with Gasteiger partial charge in [0.1, 0.15) is 15.9 Å². The van der Waals surface area contributed by atoms with E-state index in [-0.39, 0.29) is 16.7 Å². The highest BCUT2D eigenvalue weighted by Crippen LogP contribution is 2.30. The largest absolute Gasteiger partial charge is 0.342 e. The van der Waals surface area contributed by atoms with Crippen molar-refractivity contribution in [3.63, 3.8) is 0 Å². The SMILES string of the molecule is O=C(C1CCN(S(=O)(=O)c2cccc3nsnc23)CC1)N1CCC(Cc2ccccc2)CC1. The summed E-state index contributed by atoms with van der Waals surface area (Å²) in [6.45, 7) is 2.32. The number of piperidine rings is 2. The van der Waals surface area contributed by atoms with Crippen molar-refractivity contribution < 1.29 is 13.2 Å². The second-order valence-corrected chi connectivity index (χ2v) is 11.5. The normalized spacial score (nSPS) is 19.2. The van der Waals surface area contributed by atoms with Crippen LogP contribution < -0.4 is 0 Å². The molecule has 0 saturated carbocycles. The lowest BCUT2D eigenvalue weighted by Gasteiger charge is -2.37. The molecule has 3 heterocycles. The Bertz CT molecular complexity index is 1210. The Morgan fingerprint density at radius 1 is 0.909 bits per heavy atom. The molecule has 2 saturated heterocycles. The number of aromatic nitrogens is 2. The molecule has 0 spiro atoms. The molecule has 1 aromatic heterocycles. The van der Waals surface area contributed by atoms with E-state index in [0.717, 1.165) is 44.1 Å². The van der Waals surface area contributed by atoms with Crippen LogP contribution in [0.5, 0.6) is 0 Å². The third-order valence-electron chi connectivity index (χ3n) is 6.96. The van der Waals surface area contributed by atoms with E-state index in [9.17, 15) is 13.2 Å². The number of hydrogen-bond acceptors (Lipinski definition) is 6. The summed E-state index contributed by atoms with van der Waals surface area (Å²) in [6, 6.07) is 15.6. The van der Waals surface area contributed by atoms with E-state index in [4.69, 9.17) is 0 Å². The number of rotatable bonds is 5. The average Bonchev–Trinajstić information content (AvgIpc) is 3.34. The molecule has 33 heavy (non-hydrogen) atoms. The van der Waals surface area contributed by atoms with Crippen molar-refractivity contribution >= 4 is 38.7 Å². The molecule has 2 fully saturated rings. The molecule has 2 aromatic carbocycles. The van der Waals surface area contributed by atoms with E-state index in [1.165, 1.54) is 9.87 Å². The Hall–Kier alpha value is -2.36. The molecule has 0 atom stereocenters. The lowest BCUT2D eigenvalue weighted by molar-refractivity contribution is -0.138. The number of sulfonamides is 1. The summed E-state index contributed by atoms with van der Waals surface area (Å²) in [6.07, 6.45) is 4.25. The predicted molar refractivity (Wildman–Crippen MR) is 128 cm³/mol. The number of hydrogen-bond donors (Lipinski definition) is 0. The topological polar surface area (TPSA) is 83.5 Å². The van der Waals surface area contributed by atoms with Crippen molar-refractivity contribution in [1.82, 2.24) is 18.0 Å². The third kappa shape index (κ3) is 4.67. The van der Waals surface area contributed by atoms with Gasteiger partial charge in [0, 0.05) is 32.1 Å². The molecule has 1 amide bonds. The quantitative estimate of drug-likeness (QED) is 0.553. The van der Waals surface area contributed by atoms with Gasteiger partial charge in [-0.3, -0.25) is 4.79 Å². The standard InChI is InChI=1S/C24H28N4O3S2/c29-24(27-13-9-19(10-14-27)17-18-5-2-1-3-6-18)20-11-15-28(16-12-20)33(30,31)22-8-4-7-21-23(22)26-32-25-21/h1-8,19-20H,9-17H2. The summed E-state index contributed by atoms with van der Waals surface area (Å²) >= 11 is 1.02. The zero-order valence-corrected chi connectivity index (χ0v) is 20.1. The fourth-order valence-corrected chi connectivity index (χ4v) is 7.26. The summed E-state index contributed by atoms with van der Waals surface area (Å²) in [4.78, 5) is 15.3. The monoisotopic (exact) mass is 484 g/mol. The lowest BCUT2D eigenvalue weighted by Crippen LogP contribution is -2.46. The molecule has 5 rings (SSSR count). The molecule has 0 bridgehead atoms. The smallest absolute Gasteiger partial charge is 0.245 e. The number of carbonyl (C=O) groups excluding carboxylic acids is 1. The molecule has 0 unspecified atom stereocenters. The van der Waals surface area contributed by atoms with Gasteiger partial charge in [-0.15, -0.1) is 0 Å². The van der Waals surface area contributed by atoms with Crippen LogP contribution in [0.3, 0.4) is 0 Å². The van der Waals surface area contributed by atoms with E-state index in [0.29, 0.717) is 42.9 Å². The van der Waals surface area contributed by atoms with Gasteiger partial charge < -0.3 is 4.90 Å². The minimum Gasteiger partial charge on any atom is -0.342 e. The highest BCUT2D eigenvalue weighted by atomic mass is 32.2. The molecular formula is C24H28N4O3S2. The van der Waals surface area contributed by atoms with Crippen LogP contribution in [0.25, 0.3) is 11.0 Å². The van der Waals surface area contributed by atoms with Crippen LogP contribution in [0.4, 0.5) is 0 Å². The van der Waals surface area contributed by atoms with E-state index in [2.05, 4.69) is 33.0 Å². The number of fused-ring (bicyclic) bond motifs is 1. The second kappa shape index (κ2) is 9.48. The van der Waals surface area contributed by atoms with Crippen LogP contribution in [0, 0.1) is 11.8 Å². The predicted octanol–water partition coefficient (Wildman–Crippen LogP) is 3.57. The van der Waals surface area contributed by atoms with Gasteiger partial charge in [-0.25, -0.2) is 8.42 Å². The van der Waals surface area contributed by atoms with E-state index < -0.39 is 10.0 Å². The Kier molecular flexibility index (Phi) is 6.44. The van der Waals surface area contributed by atoms with Crippen molar-refractivity contribution in [2.45, 2.75) is 37.0 Å². The average molecular weight is 485 g/mol. The minimum atomic E-state index is -3.66. The number of carbonyl (C=O) groups is 1. The summed E-state index contributed by atoms with van der Waals surface area (Å²) in [7, 11) is -3.66. The van der Waals surface area contributed by atoms with Crippen LogP contribution in [-0.4, -0.2) is 58.5 Å². The van der Waals surface area contributed by atoms with Gasteiger partial charge in [-0.2, -0.15) is 13.1 Å². The number of nitrogens with zero attached hydrogens (tertiary/aromatic N) is 4. The summed E-state index contributed by atoms with van der Waals surface area (Å²) in [5.41, 5.74) is 2.39. The number of amides is 1. The molecule has 0 aliphatic carbocycles. The first kappa shape index (κ1) is 22.4. The van der Waals surface area contributed by atoms with Gasteiger partial charge in [0.25, 0.3) is 0 Å². The fraction of sp³-hybridized carbons (Fsp3) is 0.458. The van der Waals surface area contributed by atoms with Gasteiger partial charge in [-0.1, -0.05) is 36.4 Å². The first-order valence-corrected chi connectivity index (χ1v) is 13.7. The molecule has 9 heteroatoms. The van der Waals surface area contributed by atoms with Crippen molar-refractivity contribution in [3.05, 3.63) is 54.1 Å². The van der Waals surface area contributed by atoms with Crippen molar-refractivity contribution in [3.8, 4) is 0 Å². The van der Waals surface area contributed by atoms with Crippen molar-refractivity contribution in [1.29, 1.82) is 0 Å². The minimum absolute atomic E-state index is 0.0983. The van der Waals surface area contributed by atoms with Crippen molar-refractivity contribution in [2.24, 2.45) is 11.8 Å². The zero-order chi connectivity index (χ0) is 22.8. The van der Waals surface area contributed by atoms with E-state index >= 15 is 0 Å². The second-order valence-electron chi connectivity index (χ2n) is 9.02. The maximum absolute atomic E-state index is 13.2. The molecule has 174 valence electrons. The van der Waals surface area contributed by atoms with Gasteiger partial charge in [-0.05, 0) is 55.7 Å². The van der Waals surface area contributed by atoms with Crippen LogP contribution in [0.1, 0.15) is 31.2 Å². The summed E-state index contributed by atoms with van der Waals surface area (Å²) < 4.78 is 36.3. The Balaban J connectivity index is 1.16. The van der Waals surface area contributed by atoms with E-state index in [1.54, 1.807) is 18.2 Å².